The third kappa shape index (κ3) is 3.66. The van der Waals surface area contributed by atoms with Crippen LogP contribution in [0.2, 0.25) is 0 Å². The van der Waals surface area contributed by atoms with Gasteiger partial charge in [-0.1, -0.05) is 6.07 Å². The average Bonchev–Trinajstić information content (AvgIpc) is 2.17. The number of carbonyl (C=O) groups excluding carboxylic acids is 1. The van der Waals surface area contributed by atoms with Gasteiger partial charge in [0, 0.05) is 13.3 Å². The Hall–Kier alpha value is -1.42. The lowest BCUT2D eigenvalue weighted by Gasteiger charge is -2.02. The second kappa shape index (κ2) is 5.27. The Bertz CT molecular complexity index is 261. The molecule has 0 saturated carbocycles. The number of rotatable bonds is 4. The lowest BCUT2D eigenvalue weighted by Crippen LogP contribution is -2.11. The van der Waals surface area contributed by atoms with Crippen LogP contribution >= 0.6 is 0 Å². The van der Waals surface area contributed by atoms with Crippen LogP contribution in [0.1, 0.15) is 5.69 Å². The zero-order valence-electron chi connectivity index (χ0n) is 7.40. The van der Waals surface area contributed by atoms with Crippen molar-refractivity contribution >= 4 is 5.97 Å². The summed E-state index contributed by atoms with van der Waals surface area (Å²) in [5.41, 5.74) is 0.729. The Morgan fingerprint density at radius 1 is 1.54 bits per heavy atom. The van der Waals surface area contributed by atoms with E-state index in [1.165, 1.54) is 7.11 Å². The number of methoxy groups -OCH3 is 1. The second-order valence-electron chi connectivity index (χ2n) is 2.41. The molecular weight excluding hydrogens is 170 g/mol. The summed E-state index contributed by atoms with van der Waals surface area (Å²) < 4.78 is 9.44. The predicted octanol–water partition coefficient (Wildman–Crippen LogP) is 0.771. The molecule has 4 nitrogen and oxygen atoms in total. The normalized spacial score (nSPS) is 9.62. The Kier molecular flexibility index (Phi) is 3.92. The van der Waals surface area contributed by atoms with Crippen LogP contribution in [0.25, 0.3) is 0 Å². The van der Waals surface area contributed by atoms with E-state index in [0.717, 1.165) is 5.69 Å². The molecule has 1 heterocycles. The minimum atomic E-state index is -0.381. The topological polar surface area (TPSA) is 48.4 Å². The van der Waals surface area contributed by atoms with Gasteiger partial charge in [0.25, 0.3) is 0 Å². The number of aromatic nitrogens is 1. The highest BCUT2D eigenvalue weighted by Crippen LogP contribution is 1.95. The van der Waals surface area contributed by atoms with Crippen molar-refractivity contribution in [2.24, 2.45) is 0 Å². The van der Waals surface area contributed by atoms with E-state index in [4.69, 9.17) is 4.74 Å². The number of hydrogen-bond acceptors (Lipinski definition) is 4. The first-order valence-electron chi connectivity index (χ1n) is 3.87. The molecular formula is C9H11NO3. The molecule has 0 bridgehead atoms. The molecule has 1 aromatic heterocycles. The van der Waals surface area contributed by atoms with E-state index in [1.807, 2.05) is 6.07 Å². The second-order valence-corrected chi connectivity index (χ2v) is 2.41. The van der Waals surface area contributed by atoms with Gasteiger partial charge in [0.1, 0.15) is 13.2 Å². The zero-order chi connectivity index (χ0) is 9.52. The molecule has 0 spiro atoms. The monoisotopic (exact) mass is 181 g/mol. The summed E-state index contributed by atoms with van der Waals surface area (Å²) in [5, 5.41) is 0. The van der Waals surface area contributed by atoms with Crippen molar-refractivity contribution in [3.05, 3.63) is 30.1 Å². The lowest BCUT2D eigenvalue weighted by atomic mass is 10.4. The maximum atomic E-state index is 10.8. The summed E-state index contributed by atoms with van der Waals surface area (Å²) in [6.45, 7) is 0.176. The van der Waals surface area contributed by atoms with Gasteiger partial charge in [-0.25, -0.2) is 4.79 Å². The summed E-state index contributed by atoms with van der Waals surface area (Å²) in [6.07, 6.45) is 1.65. The van der Waals surface area contributed by atoms with Gasteiger partial charge in [0.05, 0.1) is 5.69 Å². The van der Waals surface area contributed by atoms with E-state index in [9.17, 15) is 4.79 Å². The van der Waals surface area contributed by atoms with E-state index in [-0.39, 0.29) is 19.2 Å². The summed E-state index contributed by atoms with van der Waals surface area (Å²) in [4.78, 5) is 14.8. The first-order chi connectivity index (χ1) is 6.33. The molecule has 13 heavy (non-hydrogen) atoms. The number of pyridine rings is 1. The highest BCUT2D eigenvalue weighted by molar-refractivity contribution is 5.70. The van der Waals surface area contributed by atoms with Crippen LogP contribution in [0, 0.1) is 0 Å². The van der Waals surface area contributed by atoms with Gasteiger partial charge in [0.15, 0.2) is 0 Å². The molecule has 0 amide bonds. The molecule has 0 saturated heterocycles. The standard InChI is InChI=1S/C9H11NO3/c1-12-7-9(11)13-6-8-4-2-3-5-10-8/h2-5H,6-7H2,1H3. The van der Waals surface area contributed by atoms with Crippen LogP contribution in [0.5, 0.6) is 0 Å². The van der Waals surface area contributed by atoms with Gasteiger partial charge in [-0.3, -0.25) is 4.98 Å². The molecule has 4 heteroatoms. The van der Waals surface area contributed by atoms with E-state index in [0.29, 0.717) is 0 Å². The number of carbonyl (C=O) groups is 1. The zero-order valence-corrected chi connectivity index (χ0v) is 7.40. The molecule has 0 atom stereocenters. The Morgan fingerprint density at radius 3 is 3.00 bits per heavy atom. The Balaban J connectivity index is 2.31. The van der Waals surface area contributed by atoms with E-state index < -0.39 is 0 Å². The van der Waals surface area contributed by atoms with E-state index in [1.54, 1.807) is 18.3 Å². The highest BCUT2D eigenvalue weighted by Gasteiger charge is 2.01. The van der Waals surface area contributed by atoms with Crippen LogP contribution < -0.4 is 0 Å². The highest BCUT2D eigenvalue weighted by atomic mass is 16.6. The summed E-state index contributed by atoms with van der Waals surface area (Å²) in [7, 11) is 1.45. The number of nitrogens with zero attached hydrogens (tertiary/aromatic N) is 1. The predicted molar refractivity (Wildman–Crippen MR) is 45.9 cm³/mol. The molecule has 1 aromatic rings. The largest absolute Gasteiger partial charge is 0.457 e. The van der Waals surface area contributed by atoms with Crippen molar-refractivity contribution in [1.29, 1.82) is 0 Å². The Labute approximate surface area is 76.5 Å². The molecule has 0 unspecified atom stereocenters. The molecule has 0 N–H and O–H groups in total. The quantitative estimate of drug-likeness (QED) is 0.644. The van der Waals surface area contributed by atoms with Crippen LogP contribution in [0.3, 0.4) is 0 Å². The summed E-state index contributed by atoms with van der Waals surface area (Å²) >= 11 is 0. The Morgan fingerprint density at radius 2 is 2.38 bits per heavy atom. The van der Waals surface area contributed by atoms with Crippen LogP contribution in [-0.4, -0.2) is 24.7 Å². The average molecular weight is 181 g/mol. The van der Waals surface area contributed by atoms with Gasteiger partial charge in [-0.15, -0.1) is 0 Å². The minimum Gasteiger partial charge on any atom is -0.457 e. The molecule has 0 aliphatic rings. The van der Waals surface area contributed by atoms with Gasteiger partial charge in [0.2, 0.25) is 0 Å². The number of esters is 1. The SMILES string of the molecule is COCC(=O)OCc1ccccn1. The minimum absolute atomic E-state index is 0.0210. The number of ether oxygens (including phenoxy) is 2. The fourth-order valence-electron chi connectivity index (χ4n) is 0.797. The van der Waals surface area contributed by atoms with Crippen molar-refractivity contribution in [3.8, 4) is 0 Å². The third-order valence-corrected chi connectivity index (χ3v) is 1.37. The molecule has 0 fully saturated rings. The summed E-state index contributed by atoms with van der Waals surface area (Å²) in [5.74, 6) is -0.381. The van der Waals surface area contributed by atoms with Crippen molar-refractivity contribution in [3.63, 3.8) is 0 Å². The van der Waals surface area contributed by atoms with Gasteiger partial charge >= 0.3 is 5.97 Å². The maximum Gasteiger partial charge on any atom is 0.332 e. The van der Waals surface area contributed by atoms with Crippen molar-refractivity contribution in [2.45, 2.75) is 6.61 Å². The molecule has 0 aliphatic heterocycles. The smallest absolute Gasteiger partial charge is 0.332 e. The van der Waals surface area contributed by atoms with Gasteiger partial charge in [-0.05, 0) is 12.1 Å². The maximum absolute atomic E-state index is 10.8. The fourth-order valence-corrected chi connectivity index (χ4v) is 0.797. The van der Waals surface area contributed by atoms with E-state index >= 15 is 0 Å². The molecule has 0 radical (unpaired) electrons. The molecule has 1 rings (SSSR count). The van der Waals surface area contributed by atoms with Crippen molar-refractivity contribution in [2.75, 3.05) is 13.7 Å². The number of hydrogen-bond donors (Lipinski definition) is 0. The third-order valence-electron chi connectivity index (χ3n) is 1.37. The van der Waals surface area contributed by atoms with Crippen LogP contribution in [0.15, 0.2) is 24.4 Å². The first kappa shape index (κ1) is 9.67. The molecule has 0 aromatic carbocycles. The van der Waals surface area contributed by atoms with Crippen molar-refractivity contribution in [1.82, 2.24) is 4.98 Å². The fraction of sp³-hybridized carbons (Fsp3) is 0.333. The summed E-state index contributed by atoms with van der Waals surface area (Å²) in [6, 6.07) is 5.44. The van der Waals surface area contributed by atoms with Crippen LogP contribution in [-0.2, 0) is 20.9 Å². The van der Waals surface area contributed by atoms with Gasteiger partial charge in [-0.2, -0.15) is 0 Å². The van der Waals surface area contributed by atoms with Crippen molar-refractivity contribution < 1.29 is 14.3 Å². The van der Waals surface area contributed by atoms with E-state index in [2.05, 4.69) is 9.72 Å². The molecule has 70 valence electrons. The van der Waals surface area contributed by atoms with Crippen LogP contribution in [0.4, 0.5) is 0 Å². The van der Waals surface area contributed by atoms with Gasteiger partial charge < -0.3 is 9.47 Å². The molecule has 0 aliphatic carbocycles. The lowest BCUT2D eigenvalue weighted by molar-refractivity contribution is -0.149. The first-order valence-corrected chi connectivity index (χ1v) is 3.87.